The first-order valence-electron chi connectivity index (χ1n) is 8.10. The summed E-state index contributed by atoms with van der Waals surface area (Å²) in [5, 5.41) is 6.89. The number of aromatic amines is 1. The van der Waals surface area contributed by atoms with E-state index in [0.717, 1.165) is 17.5 Å². The molecule has 9 nitrogen and oxygen atoms in total. The van der Waals surface area contributed by atoms with Crippen LogP contribution in [-0.4, -0.2) is 44.8 Å². The summed E-state index contributed by atoms with van der Waals surface area (Å²) >= 11 is 0. The SMILES string of the molecule is Cc1cc(=O)[nH]c(N2CCC(NC(=O)c3ccc(=O)n(C)n3)CC2)n1. The van der Waals surface area contributed by atoms with Gasteiger partial charge in [0.15, 0.2) is 0 Å². The van der Waals surface area contributed by atoms with Gasteiger partial charge in [0, 0.05) is 44.0 Å². The Morgan fingerprint density at radius 3 is 2.64 bits per heavy atom. The molecular formula is C16H20N6O3. The van der Waals surface area contributed by atoms with Gasteiger partial charge >= 0.3 is 0 Å². The summed E-state index contributed by atoms with van der Waals surface area (Å²) in [6.07, 6.45) is 1.46. The number of hydrogen-bond acceptors (Lipinski definition) is 6. The van der Waals surface area contributed by atoms with Crippen molar-refractivity contribution in [3.63, 3.8) is 0 Å². The van der Waals surface area contributed by atoms with Crippen molar-refractivity contribution < 1.29 is 4.79 Å². The van der Waals surface area contributed by atoms with E-state index in [1.54, 1.807) is 6.92 Å². The molecule has 2 aromatic heterocycles. The Labute approximate surface area is 143 Å². The zero-order chi connectivity index (χ0) is 18.0. The third-order valence-electron chi connectivity index (χ3n) is 4.18. The third kappa shape index (κ3) is 3.93. The van der Waals surface area contributed by atoms with Gasteiger partial charge in [-0.2, -0.15) is 5.10 Å². The Hall–Kier alpha value is -2.97. The minimum Gasteiger partial charge on any atom is -0.348 e. The fourth-order valence-electron chi connectivity index (χ4n) is 2.83. The summed E-state index contributed by atoms with van der Waals surface area (Å²) in [5.74, 6) is 0.269. The van der Waals surface area contributed by atoms with Crippen LogP contribution in [0.15, 0.2) is 27.8 Å². The standard InChI is InChI=1S/C16H20N6O3/c1-10-9-13(23)19-16(17-10)22-7-5-11(6-8-22)18-15(25)12-3-4-14(24)21(2)20-12/h3-4,9,11H,5-8H2,1-2H3,(H,18,25)(H,17,19,23). The highest BCUT2D eigenvalue weighted by Crippen LogP contribution is 2.15. The molecule has 0 unspecified atom stereocenters. The number of nitrogens with zero attached hydrogens (tertiary/aromatic N) is 4. The van der Waals surface area contributed by atoms with Crippen LogP contribution >= 0.6 is 0 Å². The molecule has 1 saturated heterocycles. The Balaban J connectivity index is 1.60. The molecule has 3 rings (SSSR count). The fraction of sp³-hybridized carbons (Fsp3) is 0.438. The lowest BCUT2D eigenvalue weighted by Crippen LogP contribution is -2.45. The monoisotopic (exact) mass is 344 g/mol. The maximum atomic E-state index is 12.3. The summed E-state index contributed by atoms with van der Waals surface area (Å²) in [7, 11) is 1.51. The lowest BCUT2D eigenvalue weighted by molar-refractivity contribution is 0.0923. The molecule has 25 heavy (non-hydrogen) atoms. The van der Waals surface area contributed by atoms with Gasteiger partial charge in [-0.05, 0) is 25.8 Å². The van der Waals surface area contributed by atoms with Crippen LogP contribution in [0.2, 0.25) is 0 Å². The largest absolute Gasteiger partial charge is 0.348 e. The van der Waals surface area contributed by atoms with Gasteiger partial charge in [-0.25, -0.2) is 9.67 Å². The molecular weight excluding hydrogens is 324 g/mol. The molecule has 1 aliphatic heterocycles. The molecule has 0 saturated carbocycles. The van der Waals surface area contributed by atoms with E-state index in [9.17, 15) is 14.4 Å². The van der Waals surface area contributed by atoms with E-state index in [0.29, 0.717) is 24.7 Å². The van der Waals surface area contributed by atoms with Gasteiger partial charge in [-0.15, -0.1) is 0 Å². The molecule has 2 aromatic rings. The Kier molecular flexibility index (Phi) is 4.64. The van der Waals surface area contributed by atoms with Crippen LogP contribution in [0.1, 0.15) is 29.0 Å². The normalized spacial score (nSPS) is 15.2. The lowest BCUT2D eigenvalue weighted by Gasteiger charge is -2.32. The minimum atomic E-state index is -0.295. The zero-order valence-corrected chi connectivity index (χ0v) is 14.2. The van der Waals surface area contributed by atoms with Crippen LogP contribution in [0.5, 0.6) is 0 Å². The maximum absolute atomic E-state index is 12.3. The minimum absolute atomic E-state index is 0.0133. The van der Waals surface area contributed by atoms with E-state index in [1.165, 1.54) is 25.2 Å². The summed E-state index contributed by atoms with van der Waals surface area (Å²) in [4.78, 5) is 44.2. The lowest BCUT2D eigenvalue weighted by atomic mass is 10.1. The molecule has 1 aliphatic rings. The second-order valence-corrected chi connectivity index (χ2v) is 6.13. The number of carbonyl (C=O) groups excluding carboxylic acids is 1. The number of anilines is 1. The Morgan fingerprint density at radius 2 is 2.00 bits per heavy atom. The number of aromatic nitrogens is 4. The van der Waals surface area contributed by atoms with Gasteiger partial charge in [0.1, 0.15) is 5.69 Å². The van der Waals surface area contributed by atoms with Crippen LogP contribution in [0.3, 0.4) is 0 Å². The smallest absolute Gasteiger partial charge is 0.271 e. The first-order valence-corrected chi connectivity index (χ1v) is 8.10. The molecule has 9 heteroatoms. The van der Waals surface area contributed by atoms with Crippen LogP contribution in [0.25, 0.3) is 0 Å². The van der Waals surface area contributed by atoms with Crippen molar-refractivity contribution in [2.75, 3.05) is 18.0 Å². The molecule has 132 valence electrons. The highest BCUT2D eigenvalue weighted by molar-refractivity contribution is 5.92. The molecule has 0 aromatic carbocycles. The van der Waals surface area contributed by atoms with E-state index in [1.807, 2.05) is 4.90 Å². The number of hydrogen-bond donors (Lipinski definition) is 2. The summed E-state index contributed by atoms with van der Waals surface area (Å²) < 4.78 is 1.14. The van der Waals surface area contributed by atoms with E-state index in [2.05, 4.69) is 20.4 Å². The second kappa shape index (κ2) is 6.88. The Bertz CT molecular complexity index is 895. The van der Waals surface area contributed by atoms with Gasteiger partial charge in [0.2, 0.25) is 5.95 Å². The number of piperidine rings is 1. The number of amides is 1. The summed E-state index contributed by atoms with van der Waals surface area (Å²) in [6.45, 7) is 3.14. The fourth-order valence-corrected chi connectivity index (χ4v) is 2.83. The predicted octanol–water partition coefficient (Wildman–Crippen LogP) is -0.429. The Morgan fingerprint density at radius 1 is 1.28 bits per heavy atom. The van der Waals surface area contributed by atoms with Crippen molar-refractivity contribution in [3.8, 4) is 0 Å². The average Bonchev–Trinajstić information content (AvgIpc) is 2.57. The number of rotatable bonds is 3. The average molecular weight is 344 g/mol. The molecule has 0 atom stereocenters. The van der Waals surface area contributed by atoms with Crippen molar-refractivity contribution in [3.05, 3.63) is 50.3 Å². The van der Waals surface area contributed by atoms with E-state index < -0.39 is 0 Å². The highest BCUT2D eigenvalue weighted by Gasteiger charge is 2.23. The van der Waals surface area contributed by atoms with Gasteiger partial charge in [-0.3, -0.25) is 19.4 Å². The number of nitrogens with one attached hydrogen (secondary N) is 2. The van der Waals surface area contributed by atoms with E-state index in [-0.39, 0.29) is 28.8 Å². The molecule has 3 heterocycles. The van der Waals surface area contributed by atoms with Gasteiger partial charge in [0.25, 0.3) is 17.0 Å². The van der Waals surface area contributed by atoms with Crippen molar-refractivity contribution in [2.24, 2.45) is 7.05 Å². The number of aryl methyl sites for hydroxylation is 2. The van der Waals surface area contributed by atoms with Gasteiger partial charge < -0.3 is 10.2 Å². The van der Waals surface area contributed by atoms with Crippen molar-refractivity contribution in [2.45, 2.75) is 25.8 Å². The molecule has 0 bridgehead atoms. The summed E-state index contributed by atoms with van der Waals surface area (Å²) in [5.41, 5.74) is 0.465. The van der Waals surface area contributed by atoms with Crippen molar-refractivity contribution >= 4 is 11.9 Å². The quantitative estimate of drug-likeness (QED) is 0.781. The first-order chi connectivity index (χ1) is 11.9. The second-order valence-electron chi connectivity index (χ2n) is 6.13. The maximum Gasteiger partial charge on any atom is 0.271 e. The van der Waals surface area contributed by atoms with Crippen LogP contribution in [0.4, 0.5) is 5.95 Å². The van der Waals surface area contributed by atoms with E-state index in [4.69, 9.17) is 0 Å². The molecule has 0 spiro atoms. The highest BCUT2D eigenvalue weighted by atomic mass is 16.2. The van der Waals surface area contributed by atoms with Crippen LogP contribution < -0.4 is 21.3 Å². The molecule has 0 aliphatic carbocycles. The number of carbonyl (C=O) groups is 1. The van der Waals surface area contributed by atoms with Gasteiger partial charge in [0.05, 0.1) is 0 Å². The van der Waals surface area contributed by atoms with Crippen LogP contribution in [-0.2, 0) is 7.05 Å². The molecule has 1 amide bonds. The summed E-state index contributed by atoms with van der Waals surface area (Å²) in [6, 6.07) is 4.22. The molecule has 0 radical (unpaired) electrons. The van der Waals surface area contributed by atoms with Crippen molar-refractivity contribution in [1.82, 2.24) is 25.1 Å². The van der Waals surface area contributed by atoms with Gasteiger partial charge in [-0.1, -0.05) is 0 Å². The van der Waals surface area contributed by atoms with Crippen molar-refractivity contribution in [1.29, 1.82) is 0 Å². The predicted molar refractivity (Wildman–Crippen MR) is 91.8 cm³/mol. The van der Waals surface area contributed by atoms with Crippen LogP contribution in [0, 0.1) is 6.92 Å². The van der Waals surface area contributed by atoms with E-state index >= 15 is 0 Å². The molecule has 1 fully saturated rings. The third-order valence-corrected chi connectivity index (χ3v) is 4.18. The zero-order valence-electron chi connectivity index (χ0n) is 14.2. The number of H-pyrrole nitrogens is 1. The first kappa shape index (κ1) is 16.9. The topological polar surface area (TPSA) is 113 Å². The molecule has 2 N–H and O–H groups in total.